The van der Waals surface area contributed by atoms with Gasteiger partial charge in [-0.3, -0.25) is 15.1 Å². The molecule has 3 rings (SSSR count). The normalized spacial score (nSPS) is 18.4. The van der Waals surface area contributed by atoms with Gasteiger partial charge in [0, 0.05) is 25.5 Å². The van der Waals surface area contributed by atoms with Crippen molar-refractivity contribution in [3.8, 4) is 0 Å². The molecular weight excluding hydrogens is 356 g/mol. The van der Waals surface area contributed by atoms with E-state index in [-0.39, 0.29) is 25.2 Å². The molecule has 1 saturated carbocycles. The molecule has 1 aliphatic heterocycles. The second-order valence-corrected chi connectivity index (χ2v) is 6.72. The average molecular weight is 381 g/mol. The molecule has 1 saturated heterocycles. The van der Waals surface area contributed by atoms with Gasteiger partial charge in [-0.2, -0.15) is 0 Å². The highest BCUT2D eigenvalue weighted by molar-refractivity contribution is 5.98. The van der Waals surface area contributed by atoms with Crippen molar-refractivity contribution in [2.45, 2.75) is 57.4 Å². The fourth-order valence-corrected chi connectivity index (χ4v) is 2.83. The third kappa shape index (κ3) is 6.30. The number of halogens is 2. The summed E-state index contributed by atoms with van der Waals surface area (Å²) >= 11 is 0. The van der Waals surface area contributed by atoms with Crippen LogP contribution in [0.5, 0.6) is 0 Å². The molecular formula is C19H25F2N3O3. The summed E-state index contributed by atoms with van der Waals surface area (Å²) in [4.78, 5) is 23.8. The SMILES string of the molecule is C1CCC1.N=C1CCC(c2cc(F)cc(F)c2)N1C(=O)NCCCC(=O)O. The summed E-state index contributed by atoms with van der Waals surface area (Å²) in [6.07, 6.45) is 6.92. The van der Waals surface area contributed by atoms with Crippen molar-refractivity contribution < 1.29 is 23.5 Å². The lowest BCUT2D eigenvalue weighted by Gasteiger charge is -2.25. The summed E-state index contributed by atoms with van der Waals surface area (Å²) in [6, 6.07) is 1.88. The van der Waals surface area contributed by atoms with E-state index in [9.17, 15) is 18.4 Å². The fourth-order valence-electron chi connectivity index (χ4n) is 2.83. The number of likely N-dealkylation sites (tertiary alicyclic amines) is 1. The lowest BCUT2D eigenvalue weighted by molar-refractivity contribution is -0.137. The van der Waals surface area contributed by atoms with Crippen LogP contribution in [0, 0.1) is 17.0 Å². The molecule has 2 fully saturated rings. The van der Waals surface area contributed by atoms with Crippen LogP contribution in [0.3, 0.4) is 0 Å². The second-order valence-electron chi connectivity index (χ2n) is 6.72. The van der Waals surface area contributed by atoms with Gasteiger partial charge in [-0.1, -0.05) is 25.7 Å². The summed E-state index contributed by atoms with van der Waals surface area (Å²) in [5, 5.41) is 18.9. The Labute approximate surface area is 157 Å². The number of nitrogens with one attached hydrogen (secondary N) is 2. The number of aliphatic carboxylic acids is 1. The Bertz CT molecular complexity index is 669. The molecule has 1 atom stereocenters. The van der Waals surface area contributed by atoms with Crippen LogP contribution in [0.25, 0.3) is 0 Å². The third-order valence-electron chi connectivity index (χ3n) is 4.59. The molecule has 1 aromatic rings. The minimum atomic E-state index is -0.957. The number of nitrogens with zero attached hydrogens (tertiary/aromatic N) is 1. The largest absolute Gasteiger partial charge is 0.481 e. The number of hydrogen-bond acceptors (Lipinski definition) is 3. The van der Waals surface area contributed by atoms with E-state index in [2.05, 4.69) is 5.32 Å². The maximum atomic E-state index is 13.4. The zero-order chi connectivity index (χ0) is 19.8. The predicted molar refractivity (Wildman–Crippen MR) is 96.6 cm³/mol. The fraction of sp³-hybridized carbons (Fsp3) is 0.526. The van der Waals surface area contributed by atoms with E-state index in [1.54, 1.807) is 0 Å². The van der Waals surface area contributed by atoms with Gasteiger partial charge in [0.25, 0.3) is 0 Å². The first-order valence-electron chi connectivity index (χ1n) is 9.20. The van der Waals surface area contributed by atoms with Gasteiger partial charge in [-0.25, -0.2) is 13.6 Å². The Morgan fingerprint density at radius 1 is 1.15 bits per heavy atom. The number of carboxylic acid groups (broad SMARTS) is 1. The maximum Gasteiger partial charge on any atom is 0.323 e. The highest BCUT2D eigenvalue weighted by Gasteiger charge is 2.34. The molecule has 2 aliphatic rings. The van der Waals surface area contributed by atoms with E-state index >= 15 is 0 Å². The number of carbonyl (C=O) groups is 2. The standard InChI is InChI=1S/C15H17F2N3O3.C4H8/c16-10-6-9(7-11(17)8-10)12-3-4-13(18)20(12)15(23)19-5-1-2-14(21)22;1-2-4-3-1/h6-8,12,18H,1-5H2,(H,19,23)(H,21,22);1-4H2. The number of rotatable bonds is 5. The van der Waals surface area contributed by atoms with E-state index < -0.39 is 29.7 Å². The number of benzene rings is 1. The molecule has 0 spiro atoms. The molecule has 8 heteroatoms. The zero-order valence-electron chi connectivity index (χ0n) is 15.1. The van der Waals surface area contributed by atoms with Crippen LogP contribution >= 0.6 is 0 Å². The van der Waals surface area contributed by atoms with Gasteiger partial charge in [-0.15, -0.1) is 0 Å². The Balaban J connectivity index is 0.000000576. The summed E-state index contributed by atoms with van der Waals surface area (Å²) in [6.45, 7) is 0.152. The smallest absolute Gasteiger partial charge is 0.323 e. The molecule has 0 bridgehead atoms. The topological polar surface area (TPSA) is 93.5 Å². The predicted octanol–water partition coefficient (Wildman–Crippen LogP) is 4.21. The minimum Gasteiger partial charge on any atom is -0.481 e. The zero-order valence-corrected chi connectivity index (χ0v) is 15.1. The summed E-state index contributed by atoms with van der Waals surface area (Å²) in [7, 11) is 0. The molecule has 3 N–H and O–H groups in total. The molecule has 1 aliphatic carbocycles. The third-order valence-corrected chi connectivity index (χ3v) is 4.59. The first-order valence-corrected chi connectivity index (χ1v) is 9.20. The van der Waals surface area contributed by atoms with E-state index in [0.717, 1.165) is 23.1 Å². The monoisotopic (exact) mass is 381 g/mol. The molecule has 6 nitrogen and oxygen atoms in total. The van der Waals surface area contributed by atoms with Gasteiger partial charge >= 0.3 is 12.0 Å². The molecule has 0 aromatic heterocycles. The maximum absolute atomic E-state index is 13.4. The van der Waals surface area contributed by atoms with Crippen molar-refractivity contribution in [1.29, 1.82) is 5.41 Å². The number of carboxylic acids is 1. The van der Waals surface area contributed by atoms with Crippen molar-refractivity contribution in [2.75, 3.05) is 6.54 Å². The summed E-state index contributed by atoms with van der Waals surface area (Å²) < 4.78 is 26.7. The van der Waals surface area contributed by atoms with Crippen molar-refractivity contribution in [2.24, 2.45) is 0 Å². The van der Waals surface area contributed by atoms with Crippen LogP contribution in [0.4, 0.5) is 13.6 Å². The van der Waals surface area contributed by atoms with Crippen molar-refractivity contribution in [3.05, 3.63) is 35.4 Å². The highest BCUT2D eigenvalue weighted by atomic mass is 19.1. The number of urea groups is 1. The van der Waals surface area contributed by atoms with E-state index in [1.165, 1.54) is 25.7 Å². The van der Waals surface area contributed by atoms with E-state index in [4.69, 9.17) is 10.5 Å². The van der Waals surface area contributed by atoms with Gasteiger partial charge < -0.3 is 10.4 Å². The second kappa shape index (κ2) is 9.99. The molecule has 0 radical (unpaired) electrons. The summed E-state index contributed by atoms with van der Waals surface area (Å²) in [5.41, 5.74) is 0.297. The Kier molecular flexibility index (Phi) is 7.69. The van der Waals surface area contributed by atoms with E-state index in [0.29, 0.717) is 18.4 Å². The lowest BCUT2D eigenvalue weighted by atomic mass is 10.0. The first kappa shape index (κ1) is 20.8. The lowest BCUT2D eigenvalue weighted by Crippen LogP contribution is -2.42. The van der Waals surface area contributed by atoms with Gasteiger partial charge in [0.05, 0.1) is 6.04 Å². The highest BCUT2D eigenvalue weighted by Crippen LogP contribution is 2.33. The van der Waals surface area contributed by atoms with E-state index in [1.807, 2.05) is 0 Å². The first-order chi connectivity index (χ1) is 12.9. The van der Waals surface area contributed by atoms with Gasteiger partial charge in [0.2, 0.25) is 0 Å². The Hall–Kier alpha value is -2.51. The van der Waals surface area contributed by atoms with Crippen molar-refractivity contribution in [1.82, 2.24) is 10.2 Å². The molecule has 27 heavy (non-hydrogen) atoms. The molecule has 1 unspecified atom stereocenters. The molecule has 1 aromatic carbocycles. The summed E-state index contributed by atoms with van der Waals surface area (Å²) in [5.74, 6) is -2.36. The number of carbonyl (C=O) groups excluding carboxylic acids is 1. The molecule has 1 heterocycles. The molecule has 148 valence electrons. The van der Waals surface area contributed by atoms with Crippen LogP contribution < -0.4 is 5.32 Å². The van der Waals surface area contributed by atoms with Crippen LogP contribution in [0.1, 0.15) is 63.0 Å². The van der Waals surface area contributed by atoms with Gasteiger partial charge in [-0.05, 0) is 30.5 Å². The van der Waals surface area contributed by atoms with Crippen molar-refractivity contribution >= 4 is 17.8 Å². The number of amidine groups is 1. The average Bonchev–Trinajstić information content (AvgIpc) is 2.90. The number of hydrogen-bond donors (Lipinski definition) is 3. The van der Waals surface area contributed by atoms with Gasteiger partial charge in [0.1, 0.15) is 17.5 Å². The van der Waals surface area contributed by atoms with Crippen LogP contribution in [0.2, 0.25) is 0 Å². The Morgan fingerprint density at radius 2 is 1.74 bits per heavy atom. The minimum absolute atomic E-state index is 0.0652. The van der Waals surface area contributed by atoms with Crippen LogP contribution in [-0.2, 0) is 4.79 Å². The Morgan fingerprint density at radius 3 is 2.26 bits per heavy atom. The van der Waals surface area contributed by atoms with Crippen molar-refractivity contribution in [3.63, 3.8) is 0 Å². The van der Waals surface area contributed by atoms with Gasteiger partial charge in [0.15, 0.2) is 0 Å². The van der Waals surface area contributed by atoms with Crippen LogP contribution in [0.15, 0.2) is 18.2 Å². The van der Waals surface area contributed by atoms with Crippen LogP contribution in [-0.4, -0.2) is 34.4 Å². The number of amides is 2. The quantitative estimate of drug-likeness (QED) is 0.667. The molecule has 2 amide bonds.